The molecule has 0 aliphatic rings. The Bertz CT molecular complexity index is 470. The van der Waals surface area contributed by atoms with Crippen molar-refractivity contribution in [3.63, 3.8) is 0 Å². The second kappa shape index (κ2) is 7.86. The van der Waals surface area contributed by atoms with Gasteiger partial charge >= 0.3 is 0 Å². The van der Waals surface area contributed by atoms with Crippen molar-refractivity contribution in [3.8, 4) is 11.5 Å². The summed E-state index contributed by atoms with van der Waals surface area (Å²) in [7, 11) is -0.279. The second-order valence-corrected chi connectivity index (χ2v) is 12.2. The van der Waals surface area contributed by atoms with Gasteiger partial charge in [-0.05, 0) is 29.1 Å². The van der Waals surface area contributed by atoms with Gasteiger partial charge in [-0.15, -0.1) is 6.58 Å². The van der Waals surface area contributed by atoms with Gasteiger partial charge in [-0.1, -0.05) is 59.8 Å². The molecule has 124 valence electrons. The van der Waals surface area contributed by atoms with Crippen LogP contribution in [0.15, 0.2) is 30.9 Å². The third kappa shape index (κ3) is 3.57. The average Bonchev–Trinajstić information content (AvgIpc) is 2.44. The number of ether oxygens (including phenoxy) is 1. The Kier molecular flexibility index (Phi) is 6.73. The molecule has 0 unspecified atom stereocenters. The zero-order valence-corrected chi connectivity index (χ0v) is 16.3. The molecular formula is C19H32O2Si. The van der Waals surface area contributed by atoms with Crippen LogP contribution in [0.2, 0.25) is 16.6 Å². The first-order valence-electron chi connectivity index (χ1n) is 8.26. The van der Waals surface area contributed by atoms with Gasteiger partial charge in [-0.2, -0.15) is 0 Å². The molecule has 22 heavy (non-hydrogen) atoms. The molecule has 0 spiro atoms. The summed E-state index contributed by atoms with van der Waals surface area (Å²) in [5.41, 5.74) is 2.77. The van der Waals surface area contributed by atoms with E-state index in [1.54, 1.807) is 7.11 Å². The molecule has 0 amide bonds. The molecule has 1 aromatic carbocycles. The van der Waals surface area contributed by atoms with Crippen LogP contribution in [-0.4, -0.2) is 15.4 Å². The van der Waals surface area contributed by atoms with Crippen LogP contribution in [0.1, 0.15) is 47.1 Å². The molecule has 0 N–H and O–H groups in total. The monoisotopic (exact) mass is 320 g/mol. The van der Waals surface area contributed by atoms with Gasteiger partial charge in [0.15, 0.2) is 5.75 Å². The lowest BCUT2D eigenvalue weighted by molar-refractivity contribution is 0.381. The summed E-state index contributed by atoms with van der Waals surface area (Å²) >= 11 is 0. The molecule has 0 heterocycles. The van der Waals surface area contributed by atoms with Crippen molar-refractivity contribution in [3.05, 3.63) is 36.4 Å². The normalized spacial score (nSPS) is 12.1. The summed E-state index contributed by atoms with van der Waals surface area (Å²) in [4.78, 5) is 0. The molecule has 0 saturated carbocycles. The number of benzene rings is 1. The van der Waals surface area contributed by atoms with Crippen LogP contribution in [0, 0.1) is 0 Å². The smallest absolute Gasteiger partial charge is 0.258 e. The van der Waals surface area contributed by atoms with Gasteiger partial charge in [0.1, 0.15) is 5.75 Å². The van der Waals surface area contributed by atoms with E-state index >= 15 is 0 Å². The molecule has 0 aliphatic carbocycles. The topological polar surface area (TPSA) is 18.5 Å². The SMILES string of the molecule is C=CCc1cccc(OC)c1O[Si](C(C)C)(C(C)C)C(C)C. The quantitative estimate of drug-likeness (QED) is 0.433. The average molecular weight is 321 g/mol. The first-order valence-corrected chi connectivity index (χ1v) is 10.4. The Morgan fingerprint density at radius 3 is 2.00 bits per heavy atom. The highest BCUT2D eigenvalue weighted by atomic mass is 28.4. The predicted octanol–water partition coefficient (Wildman–Crippen LogP) is 5.98. The van der Waals surface area contributed by atoms with Crippen molar-refractivity contribution >= 4 is 8.32 Å². The van der Waals surface area contributed by atoms with Crippen molar-refractivity contribution in [1.82, 2.24) is 0 Å². The summed E-state index contributed by atoms with van der Waals surface area (Å²) in [6.07, 6.45) is 2.72. The minimum atomic E-state index is -1.99. The zero-order chi connectivity index (χ0) is 16.9. The summed E-state index contributed by atoms with van der Waals surface area (Å²) in [6, 6.07) is 6.12. The van der Waals surface area contributed by atoms with Crippen molar-refractivity contribution in [2.45, 2.75) is 64.6 Å². The Labute approximate surface area is 137 Å². The molecule has 0 radical (unpaired) electrons. The second-order valence-electron chi connectivity index (χ2n) is 6.86. The molecule has 0 aliphatic heterocycles. The van der Waals surface area contributed by atoms with Gasteiger partial charge in [-0.3, -0.25) is 0 Å². The van der Waals surface area contributed by atoms with Gasteiger partial charge in [0.2, 0.25) is 0 Å². The molecule has 0 atom stereocenters. The summed E-state index contributed by atoms with van der Waals surface area (Å²) in [6.45, 7) is 17.7. The van der Waals surface area contributed by atoms with E-state index in [4.69, 9.17) is 9.16 Å². The summed E-state index contributed by atoms with van der Waals surface area (Å²) in [5, 5.41) is 0. The minimum Gasteiger partial charge on any atom is -0.540 e. The number of methoxy groups -OCH3 is 1. The molecule has 1 rings (SSSR count). The van der Waals surface area contributed by atoms with E-state index in [-0.39, 0.29) is 0 Å². The Morgan fingerprint density at radius 1 is 1.05 bits per heavy atom. The highest BCUT2D eigenvalue weighted by Crippen LogP contribution is 2.45. The predicted molar refractivity (Wildman–Crippen MR) is 98.6 cm³/mol. The molecule has 0 bridgehead atoms. The number of hydrogen-bond donors (Lipinski definition) is 0. The zero-order valence-electron chi connectivity index (χ0n) is 15.3. The third-order valence-electron chi connectivity index (χ3n) is 4.63. The molecule has 1 aromatic rings. The molecule has 0 saturated heterocycles. The van der Waals surface area contributed by atoms with Crippen LogP contribution in [0.3, 0.4) is 0 Å². The lowest BCUT2D eigenvalue weighted by atomic mass is 10.1. The maximum atomic E-state index is 6.86. The molecule has 2 nitrogen and oxygen atoms in total. The highest BCUT2D eigenvalue weighted by Gasteiger charge is 2.47. The lowest BCUT2D eigenvalue weighted by Gasteiger charge is -2.42. The molecule has 3 heteroatoms. The first-order chi connectivity index (χ1) is 10.3. The van der Waals surface area contributed by atoms with Crippen LogP contribution >= 0.6 is 0 Å². The fourth-order valence-electron chi connectivity index (χ4n) is 3.68. The Hall–Kier alpha value is -1.22. The van der Waals surface area contributed by atoms with Crippen LogP contribution in [-0.2, 0) is 6.42 Å². The summed E-state index contributed by atoms with van der Waals surface area (Å²) < 4.78 is 12.4. The number of allylic oxidation sites excluding steroid dienone is 1. The minimum absolute atomic E-state index is 0.536. The fraction of sp³-hybridized carbons (Fsp3) is 0.579. The van der Waals surface area contributed by atoms with E-state index in [0.717, 1.165) is 23.5 Å². The van der Waals surface area contributed by atoms with Gasteiger partial charge < -0.3 is 9.16 Å². The van der Waals surface area contributed by atoms with E-state index in [2.05, 4.69) is 54.2 Å². The lowest BCUT2D eigenvalue weighted by Crippen LogP contribution is -2.50. The van der Waals surface area contributed by atoms with Crippen LogP contribution in [0.25, 0.3) is 0 Å². The first kappa shape index (κ1) is 18.8. The van der Waals surface area contributed by atoms with Gasteiger partial charge in [0, 0.05) is 5.56 Å². The van der Waals surface area contributed by atoms with E-state index in [1.165, 1.54) is 0 Å². The van der Waals surface area contributed by atoms with Crippen LogP contribution in [0.4, 0.5) is 0 Å². The van der Waals surface area contributed by atoms with Crippen molar-refractivity contribution in [2.75, 3.05) is 7.11 Å². The molecule has 0 fully saturated rings. The van der Waals surface area contributed by atoms with E-state index in [1.807, 2.05) is 18.2 Å². The maximum absolute atomic E-state index is 6.86. The van der Waals surface area contributed by atoms with Gasteiger partial charge in [0.25, 0.3) is 8.32 Å². The van der Waals surface area contributed by atoms with Gasteiger partial charge in [-0.25, -0.2) is 0 Å². The maximum Gasteiger partial charge on any atom is 0.258 e. The Balaban J connectivity index is 3.43. The number of hydrogen-bond acceptors (Lipinski definition) is 2. The third-order valence-corrected chi connectivity index (χ3v) is 10.6. The molecular weight excluding hydrogens is 288 g/mol. The largest absolute Gasteiger partial charge is 0.540 e. The standard InChI is InChI=1S/C19H32O2Si/c1-9-11-17-12-10-13-18(20-8)19(17)21-22(14(2)3,15(4)5)16(6)7/h9-10,12-16H,1,11H2,2-8H3. The summed E-state index contributed by atoms with van der Waals surface area (Å²) in [5.74, 6) is 1.76. The van der Waals surface area contributed by atoms with E-state index in [0.29, 0.717) is 16.6 Å². The van der Waals surface area contributed by atoms with E-state index < -0.39 is 8.32 Å². The van der Waals surface area contributed by atoms with Crippen molar-refractivity contribution in [1.29, 1.82) is 0 Å². The Morgan fingerprint density at radius 2 is 1.59 bits per heavy atom. The fourth-order valence-corrected chi connectivity index (χ4v) is 8.98. The van der Waals surface area contributed by atoms with E-state index in [9.17, 15) is 0 Å². The van der Waals surface area contributed by atoms with Crippen molar-refractivity contribution < 1.29 is 9.16 Å². The van der Waals surface area contributed by atoms with Gasteiger partial charge in [0.05, 0.1) is 7.11 Å². The number of rotatable bonds is 8. The van der Waals surface area contributed by atoms with Crippen LogP contribution < -0.4 is 9.16 Å². The van der Waals surface area contributed by atoms with Crippen molar-refractivity contribution in [2.24, 2.45) is 0 Å². The number of para-hydroxylation sites is 1. The molecule has 0 aromatic heterocycles. The van der Waals surface area contributed by atoms with Crippen LogP contribution in [0.5, 0.6) is 11.5 Å². The highest BCUT2D eigenvalue weighted by molar-refractivity contribution is 6.78.